The predicted octanol–water partition coefficient (Wildman–Crippen LogP) is 2.80. The van der Waals surface area contributed by atoms with Crippen LogP contribution in [0.25, 0.3) is 0 Å². The fourth-order valence-corrected chi connectivity index (χ4v) is 2.81. The molecule has 0 bridgehead atoms. The average Bonchev–Trinajstić information content (AvgIpc) is 3.23. The van der Waals surface area contributed by atoms with Gasteiger partial charge in [-0.2, -0.15) is 0 Å². The number of aliphatic imine (C=N–C) groups is 1. The van der Waals surface area contributed by atoms with Gasteiger partial charge >= 0.3 is 0 Å². The van der Waals surface area contributed by atoms with Crippen molar-refractivity contribution in [1.29, 1.82) is 0 Å². The topological polar surface area (TPSA) is 89.2 Å². The van der Waals surface area contributed by atoms with E-state index in [1.807, 2.05) is 47.0 Å². The molecular formula is C21H28IN7O. The van der Waals surface area contributed by atoms with E-state index in [0.29, 0.717) is 19.0 Å². The Kier molecular flexibility index (Phi) is 10.1. The minimum atomic E-state index is 0. The van der Waals surface area contributed by atoms with Gasteiger partial charge in [-0.25, -0.2) is 4.98 Å². The number of rotatable bonds is 9. The van der Waals surface area contributed by atoms with Crippen molar-refractivity contribution in [2.75, 3.05) is 13.6 Å². The Morgan fingerprint density at radius 2 is 1.97 bits per heavy atom. The molecule has 0 unspecified atom stereocenters. The molecule has 0 spiro atoms. The maximum atomic E-state index is 5.79. The predicted molar refractivity (Wildman–Crippen MR) is 128 cm³/mol. The zero-order valence-electron chi connectivity index (χ0n) is 17.3. The van der Waals surface area contributed by atoms with E-state index in [1.54, 1.807) is 19.6 Å². The summed E-state index contributed by atoms with van der Waals surface area (Å²) in [6.45, 7) is 4.70. The number of hydrogen-bond acceptors (Lipinski definition) is 5. The first-order valence-electron chi connectivity index (χ1n) is 9.71. The van der Waals surface area contributed by atoms with Crippen LogP contribution in [0, 0.1) is 0 Å². The van der Waals surface area contributed by atoms with E-state index >= 15 is 0 Å². The first-order chi connectivity index (χ1) is 14.3. The molecule has 160 valence electrons. The van der Waals surface area contributed by atoms with Gasteiger partial charge in [0.15, 0.2) is 5.96 Å². The van der Waals surface area contributed by atoms with Gasteiger partial charge < -0.3 is 19.9 Å². The Balaban J connectivity index is 0.00000320. The van der Waals surface area contributed by atoms with Gasteiger partial charge in [-0.1, -0.05) is 37.3 Å². The molecule has 0 aliphatic carbocycles. The molecule has 2 heterocycles. The van der Waals surface area contributed by atoms with E-state index < -0.39 is 0 Å². The number of nitrogens with one attached hydrogen (secondary N) is 2. The van der Waals surface area contributed by atoms with Gasteiger partial charge in [0.1, 0.15) is 18.8 Å². The number of aromatic nitrogens is 4. The highest BCUT2D eigenvalue weighted by Gasteiger charge is 2.04. The molecule has 0 aliphatic rings. The van der Waals surface area contributed by atoms with Crippen molar-refractivity contribution >= 4 is 29.9 Å². The molecule has 0 fully saturated rings. The van der Waals surface area contributed by atoms with Crippen molar-refractivity contribution in [2.45, 2.75) is 33.0 Å². The van der Waals surface area contributed by atoms with Crippen molar-refractivity contribution in [3.8, 4) is 5.88 Å². The highest BCUT2D eigenvalue weighted by atomic mass is 127. The van der Waals surface area contributed by atoms with Crippen molar-refractivity contribution < 1.29 is 4.74 Å². The molecule has 9 heteroatoms. The summed E-state index contributed by atoms with van der Waals surface area (Å²) in [5.74, 6) is 2.32. The number of ether oxygens (including phenoxy) is 1. The second-order valence-electron chi connectivity index (χ2n) is 6.42. The Bertz CT molecular complexity index is 914. The van der Waals surface area contributed by atoms with E-state index in [4.69, 9.17) is 4.74 Å². The normalized spacial score (nSPS) is 10.9. The SMILES string of the molecule is CCc1nncn1CCNC(=NC)NCc1ccnc(OCc2ccccc2)c1.I. The Hall–Kier alpha value is -2.69. The maximum Gasteiger partial charge on any atom is 0.213 e. The lowest BCUT2D eigenvalue weighted by Gasteiger charge is -2.13. The maximum absolute atomic E-state index is 5.79. The van der Waals surface area contributed by atoms with Gasteiger partial charge in [-0.15, -0.1) is 34.2 Å². The lowest BCUT2D eigenvalue weighted by atomic mass is 10.2. The third-order valence-corrected chi connectivity index (χ3v) is 4.37. The van der Waals surface area contributed by atoms with Crippen LogP contribution in [-0.2, 0) is 26.1 Å². The van der Waals surface area contributed by atoms with Crippen molar-refractivity contribution in [2.24, 2.45) is 4.99 Å². The van der Waals surface area contributed by atoms with E-state index in [9.17, 15) is 0 Å². The van der Waals surface area contributed by atoms with Crippen molar-refractivity contribution in [3.05, 3.63) is 71.9 Å². The fraction of sp³-hybridized carbons (Fsp3) is 0.333. The second-order valence-corrected chi connectivity index (χ2v) is 6.42. The highest BCUT2D eigenvalue weighted by molar-refractivity contribution is 14.0. The summed E-state index contributed by atoms with van der Waals surface area (Å²) < 4.78 is 7.84. The van der Waals surface area contributed by atoms with Gasteiger partial charge in [0.2, 0.25) is 5.88 Å². The lowest BCUT2D eigenvalue weighted by molar-refractivity contribution is 0.293. The molecule has 3 rings (SSSR count). The van der Waals surface area contributed by atoms with Gasteiger partial charge in [-0.05, 0) is 17.2 Å². The minimum Gasteiger partial charge on any atom is -0.473 e. The molecule has 2 N–H and O–H groups in total. The molecule has 0 atom stereocenters. The van der Waals surface area contributed by atoms with E-state index in [2.05, 4.69) is 37.7 Å². The molecular weight excluding hydrogens is 493 g/mol. The molecule has 1 aromatic carbocycles. The Morgan fingerprint density at radius 1 is 1.13 bits per heavy atom. The van der Waals surface area contributed by atoms with Gasteiger partial charge in [0.05, 0.1) is 0 Å². The molecule has 0 amide bonds. The smallest absolute Gasteiger partial charge is 0.213 e. The molecule has 0 saturated carbocycles. The van der Waals surface area contributed by atoms with Crippen LogP contribution >= 0.6 is 24.0 Å². The van der Waals surface area contributed by atoms with E-state index in [1.165, 1.54) is 0 Å². The van der Waals surface area contributed by atoms with E-state index in [-0.39, 0.29) is 24.0 Å². The number of benzene rings is 1. The summed E-state index contributed by atoms with van der Waals surface area (Å²) in [6.07, 6.45) is 4.38. The number of aryl methyl sites for hydroxylation is 1. The second kappa shape index (κ2) is 12.8. The number of hydrogen-bond donors (Lipinski definition) is 2. The third kappa shape index (κ3) is 7.29. The lowest BCUT2D eigenvalue weighted by Crippen LogP contribution is -2.38. The third-order valence-electron chi connectivity index (χ3n) is 4.37. The van der Waals surface area contributed by atoms with Crippen LogP contribution in [0.3, 0.4) is 0 Å². The highest BCUT2D eigenvalue weighted by Crippen LogP contribution is 2.11. The van der Waals surface area contributed by atoms with Crippen LogP contribution in [0.15, 0.2) is 60.0 Å². The quantitative estimate of drug-likeness (QED) is 0.256. The summed E-state index contributed by atoms with van der Waals surface area (Å²) in [6, 6.07) is 13.9. The zero-order valence-corrected chi connectivity index (χ0v) is 19.6. The van der Waals surface area contributed by atoms with Crippen LogP contribution in [0.1, 0.15) is 23.9 Å². The fourth-order valence-electron chi connectivity index (χ4n) is 2.81. The number of pyridine rings is 1. The first-order valence-corrected chi connectivity index (χ1v) is 9.71. The van der Waals surface area contributed by atoms with Gasteiger partial charge in [0, 0.05) is 45.4 Å². The molecule has 0 saturated heterocycles. The van der Waals surface area contributed by atoms with E-state index in [0.717, 1.165) is 42.4 Å². The Labute approximate surface area is 194 Å². The van der Waals surface area contributed by atoms with Crippen molar-refractivity contribution in [1.82, 2.24) is 30.4 Å². The van der Waals surface area contributed by atoms with Crippen LogP contribution in [-0.4, -0.2) is 39.3 Å². The summed E-state index contributed by atoms with van der Waals surface area (Å²) >= 11 is 0. The van der Waals surface area contributed by atoms with Crippen LogP contribution in [0.4, 0.5) is 0 Å². The summed E-state index contributed by atoms with van der Waals surface area (Å²) in [5, 5.41) is 14.7. The van der Waals surface area contributed by atoms with Crippen LogP contribution in [0.2, 0.25) is 0 Å². The molecule has 2 aromatic heterocycles. The zero-order chi connectivity index (χ0) is 20.3. The van der Waals surface area contributed by atoms with Gasteiger partial charge in [-0.3, -0.25) is 4.99 Å². The number of guanidine groups is 1. The molecule has 0 radical (unpaired) electrons. The summed E-state index contributed by atoms with van der Waals surface area (Å²) in [5.41, 5.74) is 2.18. The van der Waals surface area contributed by atoms with Crippen LogP contribution < -0.4 is 15.4 Å². The first kappa shape index (κ1) is 23.6. The largest absolute Gasteiger partial charge is 0.473 e. The molecule has 8 nitrogen and oxygen atoms in total. The van der Waals surface area contributed by atoms with Crippen molar-refractivity contribution in [3.63, 3.8) is 0 Å². The molecule has 0 aliphatic heterocycles. The average molecular weight is 521 g/mol. The Morgan fingerprint density at radius 3 is 2.73 bits per heavy atom. The van der Waals surface area contributed by atoms with Gasteiger partial charge in [0.25, 0.3) is 0 Å². The molecule has 30 heavy (non-hydrogen) atoms. The van der Waals surface area contributed by atoms with Crippen LogP contribution in [0.5, 0.6) is 5.88 Å². The standard InChI is InChI=1S/C21H27N7O.HI/c1-3-19-27-26-16-28(19)12-11-24-21(22-2)25-14-18-9-10-23-20(13-18)29-15-17-7-5-4-6-8-17;/h4-10,13,16H,3,11-12,14-15H2,1-2H3,(H2,22,24,25);1H. The summed E-state index contributed by atoms with van der Waals surface area (Å²) in [7, 11) is 1.76. The number of nitrogens with zero attached hydrogens (tertiary/aromatic N) is 5. The summed E-state index contributed by atoms with van der Waals surface area (Å²) in [4.78, 5) is 8.56. The molecule has 3 aromatic rings. The minimum absolute atomic E-state index is 0. The number of halogens is 1. The monoisotopic (exact) mass is 521 g/mol.